The molecule has 2 rings (SSSR count). The minimum absolute atomic E-state index is 0.132. The zero-order valence-electron chi connectivity index (χ0n) is 10.00. The Morgan fingerprint density at radius 1 is 0.688 bits per heavy atom. The average Bonchev–Trinajstić information content (AvgIpc) is 2.28. The summed E-state index contributed by atoms with van der Waals surface area (Å²) in [6, 6.07) is 15.2. The lowest BCUT2D eigenvalue weighted by molar-refractivity contribution is 0.618. The number of benzene rings is 2. The van der Waals surface area contributed by atoms with Gasteiger partial charge in [0.2, 0.25) is 0 Å². The molecule has 84 valence electrons. The lowest BCUT2D eigenvalue weighted by Crippen LogP contribution is -1.76. The molecular weight excluding hydrogens is 199 g/mol. The molecule has 0 heterocycles. The van der Waals surface area contributed by atoms with Crippen molar-refractivity contribution in [1.29, 1.82) is 0 Å². The van der Waals surface area contributed by atoms with Crippen molar-refractivity contribution in [2.75, 3.05) is 0 Å². The topological polar surface area (TPSA) is 0 Å². The third-order valence-electron chi connectivity index (χ3n) is 2.29. The van der Waals surface area contributed by atoms with Crippen molar-refractivity contribution in [3.05, 3.63) is 71.0 Å². The van der Waals surface area contributed by atoms with Crippen LogP contribution in [-0.4, -0.2) is 0 Å². The second kappa shape index (κ2) is 6.06. The maximum atomic E-state index is 12.3. The maximum absolute atomic E-state index is 12.3. The summed E-state index contributed by atoms with van der Waals surface area (Å²) in [5.41, 5.74) is 3.36. The summed E-state index contributed by atoms with van der Waals surface area (Å²) in [7, 11) is 0. The van der Waals surface area contributed by atoms with E-state index in [1.54, 1.807) is 19.1 Å². The van der Waals surface area contributed by atoms with Gasteiger partial charge < -0.3 is 0 Å². The predicted octanol–water partition coefficient (Wildman–Crippen LogP) is 4.44. The van der Waals surface area contributed by atoms with E-state index < -0.39 is 0 Å². The van der Waals surface area contributed by atoms with E-state index in [2.05, 4.69) is 38.1 Å². The standard InChI is InChI=1S/C8H10.C7H7F/c1-7-3-5-8(2)6-4-7;1-6-4-2-3-5-7(6)8/h3-6H,1-2H3;2-5H,1H3. The number of hydrogen-bond donors (Lipinski definition) is 0. The van der Waals surface area contributed by atoms with Gasteiger partial charge in [-0.05, 0) is 32.4 Å². The van der Waals surface area contributed by atoms with E-state index in [-0.39, 0.29) is 5.82 Å². The molecule has 0 saturated heterocycles. The Balaban J connectivity index is 0.000000160. The minimum atomic E-state index is -0.132. The molecule has 0 radical (unpaired) electrons. The lowest BCUT2D eigenvalue weighted by atomic mass is 10.2. The summed E-state index contributed by atoms with van der Waals surface area (Å²) in [6.45, 7) is 5.94. The highest BCUT2D eigenvalue weighted by Crippen LogP contribution is 2.02. The van der Waals surface area contributed by atoms with E-state index in [0.717, 1.165) is 0 Å². The van der Waals surface area contributed by atoms with Gasteiger partial charge in [-0.3, -0.25) is 0 Å². The fourth-order valence-corrected chi connectivity index (χ4v) is 1.19. The number of aryl methyl sites for hydroxylation is 3. The molecular formula is C15H17F. The second-order valence-electron chi connectivity index (χ2n) is 3.90. The van der Waals surface area contributed by atoms with Gasteiger partial charge in [-0.25, -0.2) is 4.39 Å². The van der Waals surface area contributed by atoms with Crippen molar-refractivity contribution in [1.82, 2.24) is 0 Å². The second-order valence-corrected chi connectivity index (χ2v) is 3.90. The summed E-state index contributed by atoms with van der Waals surface area (Å²) in [4.78, 5) is 0. The van der Waals surface area contributed by atoms with Crippen molar-refractivity contribution in [3.8, 4) is 0 Å². The Morgan fingerprint density at radius 3 is 1.44 bits per heavy atom. The van der Waals surface area contributed by atoms with Crippen LogP contribution in [0.3, 0.4) is 0 Å². The number of rotatable bonds is 0. The minimum Gasteiger partial charge on any atom is -0.207 e. The fraction of sp³-hybridized carbons (Fsp3) is 0.200. The molecule has 0 aromatic heterocycles. The quantitative estimate of drug-likeness (QED) is 0.610. The van der Waals surface area contributed by atoms with E-state index in [1.165, 1.54) is 17.2 Å². The molecule has 2 aromatic carbocycles. The van der Waals surface area contributed by atoms with Gasteiger partial charge in [-0.15, -0.1) is 0 Å². The van der Waals surface area contributed by atoms with E-state index in [0.29, 0.717) is 5.56 Å². The van der Waals surface area contributed by atoms with Gasteiger partial charge in [0.05, 0.1) is 0 Å². The summed E-state index contributed by atoms with van der Waals surface area (Å²) in [6.07, 6.45) is 0. The van der Waals surface area contributed by atoms with Gasteiger partial charge in [0.15, 0.2) is 0 Å². The maximum Gasteiger partial charge on any atom is 0.126 e. The third-order valence-corrected chi connectivity index (χ3v) is 2.29. The van der Waals surface area contributed by atoms with Crippen LogP contribution in [-0.2, 0) is 0 Å². The molecule has 1 heteroatoms. The molecule has 0 atom stereocenters. The number of halogens is 1. The van der Waals surface area contributed by atoms with Crippen molar-refractivity contribution in [2.24, 2.45) is 0 Å². The van der Waals surface area contributed by atoms with Crippen molar-refractivity contribution in [2.45, 2.75) is 20.8 Å². The van der Waals surface area contributed by atoms with Crippen LogP contribution in [0.15, 0.2) is 48.5 Å². The van der Waals surface area contributed by atoms with Crippen LogP contribution in [0.5, 0.6) is 0 Å². The first-order chi connectivity index (χ1) is 7.59. The van der Waals surface area contributed by atoms with E-state index in [4.69, 9.17) is 0 Å². The Bertz CT molecular complexity index is 387. The molecule has 16 heavy (non-hydrogen) atoms. The average molecular weight is 216 g/mol. The summed E-state index contributed by atoms with van der Waals surface area (Å²) in [5, 5.41) is 0. The fourth-order valence-electron chi connectivity index (χ4n) is 1.19. The van der Waals surface area contributed by atoms with Crippen LogP contribution in [0.25, 0.3) is 0 Å². The number of hydrogen-bond acceptors (Lipinski definition) is 0. The zero-order chi connectivity index (χ0) is 12.0. The Morgan fingerprint density at radius 2 is 1.12 bits per heavy atom. The smallest absolute Gasteiger partial charge is 0.126 e. The first kappa shape index (κ1) is 12.4. The summed E-state index contributed by atoms with van der Waals surface area (Å²) in [5.74, 6) is -0.132. The Kier molecular flexibility index (Phi) is 4.71. The van der Waals surface area contributed by atoms with Crippen LogP contribution in [0, 0.1) is 26.6 Å². The van der Waals surface area contributed by atoms with Crippen molar-refractivity contribution >= 4 is 0 Å². The van der Waals surface area contributed by atoms with Crippen LogP contribution in [0.2, 0.25) is 0 Å². The molecule has 0 amide bonds. The molecule has 0 aliphatic rings. The first-order valence-electron chi connectivity index (χ1n) is 5.34. The largest absolute Gasteiger partial charge is 0.207 e. The highest BCUT2D eigenvalue weighted by Gasteiger charge is 1.88. The molecule has 0 aliphatic heterocycles. The molecule has 0 aliphatic carbocycles. The molecule has 0 saturated carbocycles. The molecule has 0 unspecified atom stereocenters. The molecule has 0 fully saturated rings. The highest BCUT2D eigenvalue weighted by atomic mass is 19.1. The monoisotopic (exact) mass is 216 g/mol. The predicted molar refractivity (Wildman–Crippen MR) is 67.1 cm³/mol. The summed E-state index contributed by atoms with van der Waals surface area (Å²) >= 11 is 0. The van der Waals surface area contributed by atoms with E-state index in [9.17, 15) is 4.39 Å². The van der Waals surface area contributed by atoms with Gasteiger partial charge in [0.25, 0.3) is 0 Å². The van der Waals surface area contributed by atoms with Crippen molar-refractivity contribution in [3.63, 3.8) is 0 Å². The van der Waals surface area contributed by atoms with Crippen molar-refractivity contribution < 1.29 is 4.39 Å². The van der Waals surface area contributed by atoms with Gasteiger partial charge in [-0.1, -0.05) is 53.6 Å². The molecule has 2 aromatic rings. The third kappa shape index (κ3) is 4.26. The van der Waals surface area contributed by atoms with Gasteiger partial charge in [0, 0.05) is 0 Å². The highest BCUT2D eigenvalue weighted by molar-refractivity contribution is 5.19. The Labute approximate surface area is 96.8 Å². The summed E-state index contributed by atoms with van der Waals surface area (Å²) < 4.78 is 12.3. The molecule has 0 bridgehead atoms. The molecule has 0 N–H and O–H groups in total. The van der Waals surface area contributed by atoms with E-state index in [1.807, 2.05) is 6.07 Å². The van der Waals surface area contributed by atoms with Gasteiger partial charge in [0.1, 0.15) is 5.82 Å². The van der Waals surface area contributed by atoms with Gasteiger partial charge >= 0.3 is 0 Å². The van der Waals surface area contributed by atoms with Crippen LogP contribution >= 0.6 is 0 Å². The van der Waals surface area contributed by atoms with E-state index >= 15 is 0 Å². The SMILES string of the molecule is Cc1ccc(C)cc1.Cc1ccccc1F. The van der Waals surface area contributed by atoms with Crippen LogP contribution < -0.4 is 0 Å². The van der Waals surface area contributed by atoms with Crippen LogP contribution in [0.1, 0.15) is 16.7 Å². The molecule has 0 nitrogen and oxygen atoms in total. The zero-order valence-corrected chi connectivity index (χ0v) is 10.00. The normalized spacial score (nSPS) is 9.25. The first-order valence-corrected chi connectivity index (χ1v) is 5.34. The Hall–Kier alpha value is -1.63. The van der Waals surface area contributed by atoms with Gasteiger partial charge in [-0.2, -0.15) is 0 Å². The van der Waals surface area contributed by atoms with Crippen LogP contribution in [0.4, 0.5) is 4.39 Å². The lowest BCUT2D eigenvalue weighted by Gasteiger charge is -1.90. The molecule has 0 spiro atoms.